The molecule has 0 saturated heterocycles. The molecule has 176 valence electrons. The maximum absolute atomic E-state index is 13.2. The monoisotopic (exact) mass is 514 g/mol. The van der Waals surface area contributed by atoms with Crippen LogP contribution in [0.3, 0.4) is 0 Å². The van der Waals surface area contributed by atoms with Gasteiger partial charge in [0.1, 0.15) is 0 Å². The molecule has 0 aliphatic heterocycles. The second-order valence-corrected chi connectivity index (χ2v) is 6.76. The number of hydrogen-bond acceptors (Lipinski definition) is 3. The van der Waals surface area contributed by atoms with Crippen LogP contribution in [0.5, 0.6) is 0 Å². The van der Waals surface area contributed by atoms with Crippen molar-refractivity contribution >= 4 is 10.1 Å². The van der Waals surface area contributed by atoms with E-state index in [2.05, 4.69) is 0 Å². The molecule has 0 aliphatic carbocycles. The fourth-order valence-corrected chi connectivity index (χ4v) is 2.04. The van der Waals surface area contributed by atoms with E-state index in [1.165, 1.54) is 0 Å². The molecule has 0 amide bonds. The standard InChI is InChI=1S/C10H7F15O3S.Na/c1-2-3(11)4(12,13)5(14,15)6(16,17)7(18,19)8(20,21)9(22,23)10(24,25)29(26,27)28;/h3H,2H2,1H3,(H,26,27,28);/q;+1/p-1. The van der Waals surface area contributed by atoms with Crippen LogP contribution in [0.25, 0.3) is 0 Å². The minimum atomic E-state index is -8.57. The zero-order valence-electron chi connectivity index (χ0n) is 14.1. The smallest absolute Gasteiger partial charge is 0.743 e. The second kappa shape index (κ2) is 8.33. The number of halogens is 15. The normalized spacial score (nSPS) is 16.8. The van der Waals surface area contributed by atoms with E-state index in [9.17, 15) is 78.8 Å². The summed E-state index contributed by atoms with van der Waals surface area (Å²) in [7, 11) is -8.02. The van der Waals surface area contributed by atoms with Crippen molar-refractivity contribution in [2.24, 2.45) is 0 Å². The number of hydrogen-bond donors (Lipinski definition) is 0. The predicted octanol–water partition coefficient (Wildman–Crippen LogP) is 1.69. The molecule has 1 atom stereocenters. The molecule has 0 radical (unpaired) electrons. The number of alkyl halides is 15. The zero-order valence-corrected chi connectivity index (χ0v) is 16.9. The van der Waals surface area contributed by atoms with Gasteiger partial charge in [-0.2, -0.15) is 61.5 Å². The summed E-state index contributed by atoms with van der Waals surface area (Å²) in [5, 5.41) is -7.80. The van der Waals surface area contributed by atoms with Crippen molar-refractivity contribution in [1.82, 2.24) is 0 Å². The molecule has 3 nitrogen and oxygen atoms in total. The predicted molar refractivity (Wildman–Crippen MR) is 59.5 cm³/mol. The molecule has 0 spiro atoms. The first-order valence-electron chi connectivity index (χ1n) is 6.47. The van der Waals surface area contributed by atoms with E-state index in [1.54, 1.807) is 0 Å². The molecular formula is C10H6F15NaO3S. The van der Waals surface area contributed by atoms with Crippen molar-refractivity contribution in [2.45, 2.75) is 60.3 Å². The zero-order chi connectivity index (χ0) is 24.3. The Kier molecular flexibility index (Phi) is 8.90. The van der Waals surface area contributed by atoms with Crippen LogP contribution in [0.15, 0.2) is 0 Å². The van der Waals surface area contributed by atoms with Crippen LogP contribution in [0.1, 0.15) is 13.3 Å². The summed E-state index contributed by atoms with van der Waals surface area (Å²) >= 11 is 0. The Balaban J connectivity index is 0. The maximum atomic E-state index is 13.2. The minimum Gasteiger partial charge on any atom is -0.743 e. The third-order valence-electron chi connectivity index (χ3n) is 3.43. The molecule has 0 bridgehead atoms. The average Bonchev–Trinajstić information content (AvgIpc) is 2.51. The van der Waals surface area contributed by atoms with E-state index in [-0.39, 0.29) is 36.5 Å². The topological polar surface area (TPSA) is 57.2 Å². The van der Waals surface area contributed by atoms with Gasteiger partial charge >= 0.3 is 70.3 Å². The molecule has 0 saturated carbocycles. The molecule has 0 fully saturated rings. The van der Waals surface area contributed by atoms with Crippen LogP contribution in [0, 0.1) is 0 Å². The van der Waals surface area contributed by atoms with Crippen LogP contribution in [-0.2, 0) is 10.1 Å². The van der Waals surface area contributed by atoms with E-state index in [1.807, 2.05) is 0 Å². The molecule has 0 aromatic heterocycles. The van der Waals surface area contributed by atoms with Gasteiger partial charge in [0.25, 0.3) is 0 Å². The van der Waals surface area contributed by atoms with Crippen LogP contribution in [-0.4, -0.2) is 59.9 Å². The summed E-state index contributed by atoms with van der Waals surface area (Å²) in [6, 6.07) is 0. The molecular weight excluding hydrogens is 508 g/mol. The Labute approximate surface area is 179 Å². The fourth-order valence-electron chi connectivity index (χ4n) is 1.59. The van der Waals surface area contributed by atoms with Gasteiger partial charge in [-0.25, -0.2) is 12.8 Å². The van der Waals surface area contributed by atoms with Gasteiger partial charge in [-0.3, -0.25) is 0 Å². The van der Waals surface area contributed by atoms with Crippen molar-refractivity contribution in [3.8, 4) is 0 Å². The molecule has 1 unspecified atom stereocenters. The molecule has 0 aromatic carbocycles. The summed E-state index contributed by atoms with van der Waals surface area (Å²) in [6.07, 6.45) is -6.25. The molecule has 30 heavy (non-hydrogen) atoms. The second-order valence-electron chi connectivity index (χ2n) is 5.34. The molecule has 0 heterocycles. The van der Waals surface area contributed by atoms with Gasteiger partial charge in [-0.05, 0) is 6.42 Å². The van der Waals surface area contributed by atoms with Gasteiger partial charge in [-0.15, -0.1) is 0 Å². The van der Waals surface area contributed by atoms with Crippen LogP contribution < -0.4 is 29.6 Å². The van der Waals surface area contributed by atoms with Crippen molar-refractivity contribution in [3.05, 3.63) is 0 Å². The van der Waals surface area contributed by atoms with Crippen molar-refractivity contribution in [2.75, 3.05) is 0 Å². The minimum absolute atomic E-state index is 0. The average molecular weight is 514 g/mol. The number of rotatable bonds is 9. The van der Waals surface area contributed by atoms with Gasteiger partial charge in [-0.1, -0.05) is 6.92 Å². The van der Waals surface area contributed by atoms with E-state index >= 15 is 0 Å². The van der Waals surface area contributed by atoms with Crippen LogP contribution in [0.2, 0.25) is 0 Å². The third kappa shape index (κ3) is 4.00. The molecule has 20 heteroatoms. The maximum Gasteiger partial charge on any atom is 1.00 e. The largest absolute Gasteiger partial charge is 1.00 e. The Bertz CT molecular complexity index is 720. The Morgan fingerprint density at radius 2 is 0.933 bits per heavy atom. The first-order chi connectivity index (χ1) is 12.2. The summed E-state index contributed by atoms with van der Waals surface area (Å²) in [5.41, 5.74) is 0. The first kappa shape index (κ1) is 32.0. The first-order valence-corrected chi connectivity index (χ1v) is 7.88. The van der Waals surface area contributed by atoms with Crippen molar-refractivity contribution in [3.63, 3.8) is 0 Å². The molecule has 0 aromatic rings. The fraction of sp³-hybridized carbons (Fsp3) is 1.00. The van der Waals surface area contributed by atoms with Gasteiger partial charge < -0.3 is 4.55 Å². The molecule has 0 rings (SSSR count). The Morgan fingerprint density at radius 1 is 0.667 bits per heavy atom. The SMILES string of the molecule is CCC(F)C(F)(F)C(F)(F)C(F)(F)C(F)(F)C(F)(F)C(F)(F)C(F)(F)S(=O)(=O)[O-].[Na+]. The quantitative estimate of drug-likeness (QED) is 0.268. The van der Waals surface area contributed by atoms with Crippen molar-refractivity contribution < 1.29 is 108 Å². The summed E-state index contributed by atoms with van der Waals surface area (Å²) in [5.74, 6) is -48.6. The van der Waals surface area contributed by atoms with Crippen LogP contribution >= 0.6 is 0 Å². The van der Waals surface area contributed by atoms with Gasteiger partial charge in [0.05, 0.1) is 0 Å². The van der Waals surface area contributed by atoms with Gasteiger partial charge in [0.15, 0.2) is 16.3 Å². The molecule has 0 N–H and O–H groups in total. The van der Waals surface area contributed by atoms with Gasteiger partial charge in [0, 0.05) is 0 Å². The summed E-state index contributed by atoms with van der Waals surface area (Å²) in [4.78, 5) is 0. The summed E-state index contributed by atoms with van der Waals surface area (Å²) < 4.78 is 226. The van der Waals surface area contributed by atoms with Crippen molar-refractivity contribution in [1.29, 1.82) is 0 Å². The molecule has 0 aliphatic rings. The van der Waals surface area contributed by atoms with Crippen LogP contribution in [0.4, 0.5) is 65.9 Å². The Hall–Kier alpha value is -0.140. The third-order valence-corrected chi connectivity index (χ3v) is 4.31. The van der Waals surface area contributed by atoms with E-state index in [4.69, 9.17) is 0 Å². The Morgan fingerprint density at radius 3 is 1.20 bits per heavy atom. The summed E-state index contributed by atoms with van der Waals surface area (Å²) in [6.45, 7) is 0.257. The van der Waals surface area contributed by atoms with E-state index in [0.29, 0.717) is 0 Å². The van der Waals surface area contributed by atoms with E-state index in [0.717, 1.165) is 0 Å². The van der Waals surface area contributed by atoms with Gasteiger partial charge in [0.2, 0.25) is 0 Å². The van der Waals surface area contributed by atoms with E-state index < -0.39 is 63.5 Å².